The molecular weight excluding hydrogens is 215 g/mol. The second-order valence-corrected chi connectivity index (χ2v) is 7.72. The lowest BCUT2D eigenvalue weighted by Crippen LogP contribution is -2.10. The number of aryl methyl sites for hydroxylation is 1. The van der Waals surface area contributed by atoms with Crippen LogP contribution in [0.1, 0.15) is 38.7 Å². The van der Waals surface area contributed by atoms with Gasteiger partial charge in [-0.1, -0.05) is 50.1 Å². The minimum atomic E-state index is -2.11. The van der Waals surface area contributed by atoms with Crippen LogP contribution in [0, 0.1) is 6.92 Å². The molecule has 0 saturated carbocycles. The van der Waals surface area contributed by atoms with Crippen molar-refractivity contribution >= 4 is 12.4 Å². The molecule has 0 spiro atoms. The Labute approximate surface area is 99.6 Å². The number of rotatable bonds is 6. The van der Waals surface area contributed by atoms with E-state index >= 15 is 0 Å². The fourth-order valence-electron chi connectivity index (χ4n) is 1.96. The van der Waals surface area contributed by atoms with Crippen molar-refractivity contribution in [2.75, 3.05) is 12.3 Å². The highest BCUT2D eigenvalue weighted by Crippen LogP contribution is 2.45. The maximum atomic E-state index is 12.9. The first kappa shape index (κ1) is 13.5. The summed E-state index contributed by atoms with van der Waals surface area (Å²) in [4.78, 5) is 0. The van der Waals surface area contributed by atoms with Gasteiger partial charge >= 0.3 is 0 Å². The van der Waals surface area contributed by atoms with Crippen molar-refractivity contribution < 1.29 is 4.57 Å². The molecule has 0 aliphatic rings. The summed E-state index contributed by atoms with van der Waals surface area (Å²) >= 11 is 0. The summed E-state index contributed by atoms with van der Waals surface area (Å²) in [7, 11) is -2.11. The van der Waals surface area contributed by atoms with Gasteiger partial charge in [0.15, 0.2) is 0 Å². The zero-order valence-corrected chi connectivity index (χ0v) is 11.6. The van der Waals surface area contributed by atoms with Gasteiger partial charge < -0.3 is 4.57 Å². The third-order valence-electron chi connectivity index (χ3n) is 2.96. The third kappa shape index (κ3) is 3.49. The van der Waals surface area contributed by atoms with E-state index in [2.05, 4.69) is 45.0 Å². The smallest absolute Gasteiger partial charge is 0.115 e. The van der Waals surface area contributed by atoms with Crippen molar-refractivity contribution in [1.29, 1.82) is 0 Å². The molecule has 0 N–H and O–H groups in total. The molecular formula is C14H23OP. The van der Waals surface area contributed by atoms with Crippen molar-refractivity contribution in [2.24, 2.45) is 0 Å². The van der Waals surface area contributed by atoms with Gasteiger partial charge in [-0.25, -0.2) is 0 Å². The first-order valence-corrected chi connectivity index (χ1v) is 8.35. The van der Waals surface area contributed by atoms with Crippen LogP contribution < -0.4 is 5.30 Å². The second kappa shape index (κ2) is 6.25. The molecule has 16 heavy (non-hydrogen) atoms. The van der Waals surface area contributed by atoms with E-state index in [1.165, 1.54) is 5.56 Å². The molecule has 1 unspecified atom stereocenters. The van der Waals surface area contributed by atoms with E-state index in [-0.39, 0.29) is 0 Å². The number of hydrogen-bond donors (Lipinski definition) is 0. The Hall–Kier alpha value is -0.550. The van der Waals surface area contributed by atoms with Crippen molar-refractivity contribution in [2.45, 2.75) is 40.0 Å². The standard InChI is InChI=1S/C14H23OP/c1-4-6-12-16(15,11-5-2)14-9-7-13(3)8-10-14/h7-10H,4-6,11-12H2,1-3H3. The summed E-state index contributed by atoms with van der Waals surface area (Å²) in [6.45, 7) is 6.35. The molecule has 0 aliphatic heterocycles. The van der Waals surface area contributed by atoms with Gasteiger partial charge in [0.25, 0.3) is 0 Å². The van der Waals surface area contributed by atoms with Crippen LogP contribution in [0.5, 0.6) is 0 Å². The van der Waals surface area contributed by atoms with Crippen LogP contribution in [0.15, 0.2) is 24.3 Å². The van der Waals surface area contributed by atoms with Crippen molar-refractivity contribution in [3.8, 4) is 0 Å². The van der Waals surface area contributed by atoms with Gasteiger partial charge in [-0.05, 0) is 19.8 Å². The fourth-order valence-corrected chi connectivity index (χ4v) is 4.94. The summed E-state index contributed by atoms with van der Waals surface area (Å²) in [5.41, 5.74) is 1.24. The van der Waals surface area contributed by atoms with Gasteiger partial charge in [0.2, 0.25) is 0 Å². The van der Waals surface area contributed by atoms with E-state index in [9.17, 15) is 4.57 Å². The predicted molar refractivity (Wildman–Crippen MR) is 73.4 cm³/mol. The Morgan fingerprint density at radius 2 is 1.62 bits per heavy atom. The minimum absolute atomic E-state index is 0.857. The van der Waals surface area contributed by atoms with Crippen LogP contribution in [-0.2, 0) is 4.57 Å². The Kier molecular flexibility index (Phi) is 5.28. The fraction of sp³-hybridized carbons (Fsp3) is 0.571. The SMILES string of the molecule is CCCCP(=O)(CCC)c1ccc(C)cc1. The van der Waals surface area contributed by atoms with Crippen LogP contribution >= 0.6 is 7.14 Å². The lowest BCUT2D eigenvalue weighted by molar-refractivity contribution is 0.578. The molecule has 1 aromatic carbocycles. The van der Waals surface area contributed by atoms with Gasteiger partial charge in [0.1, 0.15) is 7.14 Å². The minimum Gasteiger partial charge on any atom is -0.319 e. The molecule has 2 heteroatoms. The summed E-state index contributed by atoms with van der Waals surface area (Å²) < 4.78 is 12.9. The first-order chi connectivity index (χ1) is 7.62. The van der Waals surface area contributed by atoms with Crippen molar-refractivity contribution in [3.05, 3.63) is 29.8 Å². The second-order valence-electron chi connectivity index (χ2n) is 4.53. The monoisotopic (exact) mass is 238 g/mol. The van der Waals surface area contributed by atoms with Gasteiger partial charge in [-0.3, -0.25) is 0 Å². The average molecular weight is 238 g/mol. The molecule has 0 saturated heterocycles. The van der Waals surface area contributed by atoms with Crippen LogP contribution in [-0.4, -0.2) is 12.3 Å². The highest BCUT2D eigenvalue weighted by Gasteiger charge is 2.22. The molecule has 1 aromatic rings. The van der Waals surface area contributed by atoms with Crippen molar-refractivity contribution in [1.82, 2.24) is 0 Å². The largest absolute Gasteiger partial charge is 0.319 e. The molecule has 0 bridgehead atoms. The molecule has 0 aromatic heterocycles. The van der Waals surface area contributed by atoms with Gasteiger partial charge in [-0.15, -0.1) is 0 Å². The first-order valence-electron chi connectivity index (χ1n) is 6.27. The van der Waals surface area contributed by atoms with Crippen molar-refractivity contribution in [3.63, 3.8) is 0 Å². The summed E-state index contributed by atoms with van der Waals surface area (Å²) in [6, 6.07) is 8.26. The van der Waals surface area contributed by atoms with Crippen LogP contribution in [0.25, 0.3) is 0 Å². The summed E-state index contributed by atoms with van der Waals surface area (Å²) in [6.07, 6.45) is 4.94. The molecule has 1 atom stereocenters. The lowest BCUT2D eigenvalue weighted by atomic mass is 10.2. The van der Waals surface area contributed by atoms with Gasteiger partial charge in [0, 0.05) is 17.6 Å². The van der Waals surface area contributed by atoms with E-state index in [1.54, 1.807) is 0 Å². The topological polar surface area (TPSA) is 17.1 Å². The average Bonchev–Trinajstić information content (AvgIpc) is 2.27. The van der Waals surface area contributed by atoms with E-state index in [4.69, 9.17) is 0 Å². The van der Waals surface area contributed by atoms with E-state index in [1.807, 2.05) is 0 Å². The highest BCUT2D eigenvalue weighted by molar-refractivity contribution is 7.71. The molecule has 0 aliphatic carbocycles. The Bertz CT molecular complexity index is 354. The Morgan fingerprint density at radius 3 is 2.12 bits per heavy atom. The third-order valence-corrected chi connectivity index (χ3v) is 6.41. The van der Waals surface area contributed by atoms with E-state index in [0.717, 1.165) is 36.9 Å². The van der Waals surface area contributed by atoms with Crippen LogP contribution in [0.3, 0.4) is 0 Å². The van der Waals surface area contributed by atoms with Gasteiger partial charge in [-0.2, -0.15) is 0 Å². The quantitative estimate of drug-likeness (QED) is 0.679. The maximum Gasteiger partial charge on any atom is 0.115 e. The molecule has 1 rings (SSSR count). The number of benzene rings is 1. The Morgan fingerprint density at radius 1 is 1.00 bits per heavy atom. The van der Waals surface area contributed by atoms with E-state index in [0.29, 0.717) is 0 Å². The summed E-state index contributed by atoms with van der Waals surface area (Å²) in [5.74, 6) is 0. The molecule has 0 amide bonds. The maximum absolute atomic E-state index is 12.9. The summed E-state index contributed by atoms with van der Waals surface area (Å²) in [5, 5.41) is 1.08. The van der Waals surface area contributed by atoms with Crippen LogP contribution in [0.4, 0.5) is 0 Å². The normalized spacial score (nSPS) is 14.7. The molecule has 90 valence electrons. The zero-order valence-electron chi connectivity index (χ0n) is 10.7. The molecule has 0 fully saturated rings. The zero-order chi connectivity index (χ0) is 12.0. The molecule has 0 heterocycles. The van der Waals surface area contributed by atoms with E-state index < -0.39 is 7.14 Å². The number of hydrogen-bond acceptors (Lipinski definition) is 1. The van der Waals surface area contributed by atoms with Crippen LogP contribution in [0.2, 0.25) is 0 Å². The lowest BCUT2D eigenvalue weighted by Gasteiger charge is -2.18. The molecule has 1 nitrogen and oxygen atoms in total. The predicted octanol–water partition coefficient (Wildman–Crippen LogP) is 4.19. The highest BCUT2D eigenvalue weighted by atomic mass is 31.2. The number of unbranched alkanes of at least 4 members (excludes halogenated alkanes) is 1. The van der Waals surface area contributed by atoms with Gasteiger partial charge in [0.05, 0.1) is 0 Å². The Balaban J connectivity index is 2.91. The molecule has 0 radical (unpaired) electrons.